The first-order valence-electron chi connectivity index (χ1n) is 9.36. The number of nitrogens with one attached hydrogen (secondary N) is 1. The average Bonchev–Trinajstić information content (AvgIpc) is 3.34. The highest BCUT2D eigenvalue weighted by atomic mass is 16.4. The highest BCUT2D eigenvalue weighted by Gasteiger charge is 2.16. The summed E-state index contributed by atoms with van der Waals surface area (Å²) in [7, 11) is 0. The van der Waals surface area contributed by atoms with Crippen LogP contribution in [0.1, 0.15) is 41.8 Å². The number of fused-ring (bicyclic) bond motifs is 1. The van der Waals surface area contributed by atoms with Gasteiger partial charge in [0.15, 0.2) is 5.76 Å². The van der Waals surface area contributed by atoms with Crippen molar-refractivity contribution in [1.82, 2.24) is 9.47 Å². The van der Waals surface area contributed by atoms with Gasteiger partial charge in [0.1, 0.15) is 5.76 Å². The molecule has 5 nitrogen and oxygen atoms in total. The van der Waals surface area contributed by atoms with Gasteiger partial charge in [0.25, 0.3) is 5.91 Å². The van der Waals surface area contributed by atoms with E-state index < -0.39 is 0 Å². The van der Waals surface area contributed by atoms with Gasteiger partial charge in [-0.3, -0.25) is 9.69 Å². The highest BCUT2D eigenvalue weighted by molar-refractivity contribution is 6.03. The van der Waals surface area contributed by atoms with Crippen LogP contribution in [0.25, 0.3) is 10.9 Å². The van der Waals surface area contributed by atoms with Gasteiger partial charge in [-0.25, -0.2) is 0 Å². The predicted molar refractivity (Wildman–Crippen MR) is 104 cm³/mol. The molecule has 0 aliphatic carbocycles. The highest BCUT2D eigenvalue weighted by Crippen LogP contribution is 2.24. The van der Waals surface area contributed by atoms with Crippen LogP contribution in [0.15, 0.2) is 40.8 Å². The second-order valence-corrected chi connectivity index (χ2v) is 7.01. The van der Waals surface area contributed by atoms with Gasteiger partial charge >= 0.3 is 0 Å². The zero-order chi connectivity index (χ0) is 18.1. The summed E-state index contributed by atoms with van der Waals surface area (Å²) in [6.45, 7) is 8.18. The van der Waals surface area contributed by atoms with Gasteiger partial charge in [-0.15, -0.1) is 0 Å². The normalized spacial score (nSPS) is 15.0. The number of benzene rings is 1. The van der Waals surface area contributed by atoms with Gasteiger partial charge in [-0.2, -0.15) is 0 Å². The lowest BCUT2D eigenvalue weighted by molar-refractivity contribution is 0.0993. The van der Waals surface area contributed by atoms with E-state index in [1.807, 2.05) is 18.2 Å². The van der Waals surface area contributed by atoms with Crippen LogP contribution in [0.4, 0.5) is 5.69 Å². The lowest BCUT2D eigenvalue weighted by Crippen LogP contribution is -2.18. The number of hydrogen-bond donors (Lipinski definition) is 1. The number of amides is 1. The molecule has 2 aromatic heterocycles. The van der Waals surface area contributed by atoms with Crippen LogP contribution in [-0.2, 0) is 13.1 Å². The Bertz CT molecular complexity index is 932. The summed E-state index contributed by atoms with van der Waals surface area (Å²) in [5, 5.41) is 4.08. The van der Waals surface area contributed by atoms with Crippen LogP contribution in [-0.4, -0.2) is 28.5 Å². The Kier molecular flexibility index (Phi) is 4.55. The molecule has 1 N–H and O–H groups in total. The third kappa shape index (κ3) is 3.27. The number of rotatable bonds is 5. The summed E-state index contributed by atoms with van der Waals surface area (Å²) >= 11 is 0. The van der Waals surface area contributed by atoms with E-state index in [0.717, 1.165) is 43.0 Å². The third-order valence-electron chi connectivity index (χ3n) is 5.15. The minimum atomic E-state index is -0.205. The molecule has 26 heavy (non-hydrogen) atoms. The van der Waals surface area contributed by atoms with Crippen LogP contribution in [0.5, 0.6) is 0 Å². The van der Waals surface area contributed by atoms with Crippen molar-refractivity contribution in [1.29, 1.82) is 0 Å². The molecule has 1 aromatic carbocycles. The number of carbonyl (C=O) groups excluding carboxylic acids is 1. The van der Waals surface area contributed by atoms with Crippen molar-refractivity contribution in [3.63, 3.8) is 0 Å². The van der Waals surface area contributed by atoms with E-state index in [9.17, 15) is 4.79 Å². The molecule has 0 unspecified atom stereocenters. The summed E-state index contributed by atoms with van der Waals surface area (Å²) < 4.78 is 8.01. The van der Waals surface area contributed by atoms with E-state index >= 15 is 0 Å². The molecule has 0 radical (unpaired) electrons. The zero-order valence-electron chi connectivity index (χ0n) is 15.4. The van der Waals surface area contributed by atoms with Crippen LogP contribution in [0.3, 0.4) is 0 Å². The molecule has 0 saturated carbocycles. The van der Waals surface area contributed by atoms with Crippen molar-refractivity contribution >= 4 is 22.5 Å². The Balaban J connectivity index is 1.47. The maximum atomic E-state index is 12.5. The number of anilines is 1. The number of carbonyl (C=O) groups is 1. The van der Waals surface area contributed by atoms with Crippen molar-refractivity contribution in [3.8, 4) is 0 Å². The van der Waals surface area contributed by atoms with Crippen LogP contribution < -0.4 is 5.32 Å². The Labute approximate surface area is 153 Å². The Morgan fingerprint density at radius 3 is 2.73 bits per heavy atom. The second kappa shape index (κ2) is 7.00. The first kappa shape index (κ1) is 16.9. The van der Waals surface area contributed by atoms with Gasteiger partial charge in [0, 0.05) is 28.8 Å². The first-order chi connectivity index (χ1) is 12.6. The summed E-state index contributed by atoms with van der Waals surface area (Å²) in [6, 6.07) is 11.8. The van der Waals surface area contributed by atoms with E-state index in [2.05, 4.69) is 40.8 Å². The van der Waals surface area contributed by atoms with Crippen molar-refractivity contribution in [2.24, 2.45) is 0 Å². The lowest BCUT2D eigenvalue weighted by Gasteiger charge is -2.11. The van der Waals surface area contributed by atoms with Gasteiger partial charge in [-0.1, -0.05) is 0 Å². The summed E-state index contributed by atoms with van der Waals surface area (Å²) in [5.41, 5.74) is 3.20. The van der Waals surface area contributed by atoms with E-state index in [4.69, 9.17) is 4.42 Å². The molecule has 0 spiro atoms. The van der Waals surface area contributed by atoms with Crippen molar-refractivity contribution in [3.05, 3.63) is 53.6 Å². The largest absolute Gasteiger partial charge is 0.455 e. The second-order valence-electron chi connectivity index (χ2n) is 7.01. The van der Waals surface area contributed by atoms with Crippen molar-refractivity contribution in [2.75, 3.05) is 18.4 Å². The molecule has 1 fully saturated rings. The molecule has 136 valence electrons. The smallest absolute Gasteiger partial charge is 0.291 e. The SMILES string of the molecule is CCn1c(C)cc2cc(NC(=O)c3ccc(CN4CCCC4)o3)ccc21. The van der Waals surface area contributed by atoms with Gasteiger partial charge < -0.3 is 14.3 Å². The quantitative estimate of drug-likeness (QED) is 0.741. The van der Waals surface area contributed by atoms with E-state index in [1.54, 1.807) is 6.07 Å². The third-order valence-corrected chi connectivity index (χ3v) is 5.15. The topological polar surface area (TPSA) is 50.4 Å². The molecule has 1 saturated heterocycles. The van der Waals surface area contributed by atoms with E-state index in [-0.39, 0.29) is 5.91 Å². The van der Waals surface area contributed by atoms with Gasteiger partial charge in [0.2, 0.25) is 0 Å². The summed E-state index contributed by atoms with van der Waals surface area (Å²) in [6.07, 6.45) is 2.49. The Hall–Kier alpha value is -2.53. The zero-order valence-corrected chi connectivity index (χ0v) is 15.4. The van der Waals surface area contributed by atoms with Crippen molar-refractivity contribution in [2.45, 2.75) is 39.8 Å². The Morgan fingerprint density at radius 1 is 1.15 bits per heavy atom. The maximum Gasteiger partial charge on any atom is 0.291 e. The molecule has 0 bridgehead atoms. The predicted octanol–water partition coefficient (Wildman–Crippen LogP) is 4.41. The molecule has 4 rings (SSSR count). The minimum Gasteiger partial charge on any atom is -0.455 e. The molecule has 1 amide bonds. The molecule has 0 atom stereocenters. The fraction of sp³-hybridized carbons (Fsp3) is 0.381. The van der Waals surface area contributed by atoms with E-state index in [0.29, 0.717) is 5.76 Å². The number of nitrogens with zero attached hydrogens (tertiary/aromatic N) is 2. The molecule has 1 aliphatic rings. The maximum absolute atomic E-state index is 12.5. The van der Waals surface area contributed by atoms with Gasteiger partial charge in [-0.05, 0) is 76.2 Å². The molecule has 5 heteroatoms. The first-order valence-corrected chi connectivity index (χ1v) is 9.36. The molecule has 3 heterocycles. The van der Waals surface area contributed by atoms with E-state index in [1.165, 1.54) is 24.1 Å². The fourth-order valence-electron chi connectivity index (χ4n) is 3.85. The van der Waals surface area contributed by atoms with Crippen LogP contribution in [0, 0.1) is 6.92 Å². The lowest BCUT2D eigenvalue weighted by atomic mass is 10.2. The van der Waals surface area contributed by atoms with Crippen LogP contribution >= 0.6 is 0 Å². The van der Waals surface area contributed by atoms with Gasteiger partial charge in [0.05, 0.1) is 6.54 Å². The summed E-state index contributed by atoms with van der Waals surface area (Å²) in [5.74, 6) is 1.01. The molecular weight excluding hydrogens is 326 g/mol. The Morgan fingerprint density at radius 2 is 1.96 bits per heavy atom. The molecule has 3 aromatic rings. The standard InChI is InChI=1S/C21H25N3O2/c1-3-24-15(2)12-16-13-17(6-8-19(16)24)22-21(25)20-9-7-18(26-20)14-23-10-4-5-11-23/h6-9,12-13H,3-5,10-11,14H2,1-2H3,(H,22,25). The number of aromatic nitrogens is 1. The summed E-state index contributed by atoms with van der Waals surface area (Å²) in [4.78, 5) is 14.9. The number of aryl methyl sites for hydroxylation is 2. The number of hydrogen-bond acceptors (Lipinski definition) is 3. The molecule has 1 aliphatic heterocycles. The fourth-order valence-corrected chi connectivity index (χ4v) is 3.85. The average molecular weight is 351 g/mol. The van der Waals surface area contributed by atoms with Crippen LogP contribution in [0.2, 0.25) is 0 Å². The van der Waals surface area contributed by atoms with Crippen molar-refractivity contribution < 1.29 is 9.21 Å². The molecular formula is C21H25N3O2. The minimum absolute atomic E-state index is 0.205. The number of likely N-dealkylation sites (tertiary alicyclic amines) is 1. The monoisotopic (exact) mass is 351 g/mol. The number of furan rings is 1.